The molecule has 2 aromatic rings. The van der Waals surface area contributed by atoms with E-state index < -0.39 is 5.97 Å². The SMILES string of the molecule is CC[C@@H](C)OC(=O)c1[nH]c2c(c1C)C(=O)C[C@H](c1ccc(F)cc1)C2. The number of fused-ring (bicyclic) bond motifs is 1. The van der Waals surface area contributed by atoms with Crippen LogP contribution in [-0.2, 0) is 11.2 Å². The summed E-state index contributed by atoms with van der Waals surface area (Å²) in [6.45, 7) is 5.56. The van der Waals surface area contributed by atoms with Gasteiger partial charge < -0.3 is 9.72 Å². The van der Waals surface area contributed by atoms with Gasteiger partial charge in [0, 0.05) is 17.7 Å². The fourth-order valence-electron chi connectivity index (χ4n) is 3.33. The summed E-state index contributed by atoms with van der Waals surface area (Å²) < 4.78 is 18.5. The molecule has 0 radical (unpaired) electrons. The lowest BCUT2D eigenvalue weighted by atomic mass is 9.81. The molecule has 0 spiro atoms. The van der Waals surface area contributed by atoms with Gasteiger partial charge in [0.05, 0.1) is 6.10 Å². The maximum absolute atomic E-state index is 13.1. The Morgan fingerprint density at radius 1 is 1.32 bits per heavy atom. The summed E-state index contributed by atoms with van der Waals surface area (Å²) in [4.78, 5) is 28.1. The second kappa shape index (κ2) is 6.82. The molecule has 25 heavy (non-hydrogen) atoms. The van der Waals surface area contributed by atoms with Crippen molar-refractivity contribution in [3.63, 3.8) is 0 Å². The average Bonchev–Trinajstić information content (AvgIpc) is 2.92. The smallest absolute Gasteiger partial charge is 0.355 e. The van der Waals surface area contributed by atoms with Crippen molar-refractivity contribution in [1.82, 2.24) is 4.98 Å². The van der Waals surface area contributed by atoms with Gasteiger partial charge in [-0.25, -0.2) is 9.18 Å². The lowest BCUT2D eigenvalue weighted by molar-refractivity contribution is 0.0327. The first-order chi connectivity index (χ1) is 11.9. The monoisotopic (exact) mass is 343 g/mol. The molecule has 3 rings (SSSR count). The summed E-state index contributed by atoms with van der Waals surface area (Å²) in [6.07, 6.45) is 1.54. The number of Topliss-reactive ketones (excluding diaryl/α,β-unsaturated/α-hetero) is 1. The molecule has 2 atom stereocenters. The molecule has 0 unspecified atom stereocenters. The molecule has 4 nitrogen and oxygen atoms in total. The van der Waals surface area contributed by atoms with Crippen molar-refractivity contribution in [2.45, 2.75) is 52.1 Å². The van der Waals surface area contributed by atoms with E-state index in [1.165, 1.54) is 12.1 Å². The second-order valence-electron chi connectivity index (χ2n) is 6.68. The number of nitrogens with one attached hydrogen (secondary N) is 1. The van der Waals surface area contributed by atoms with Crippen LogP contribution in [0.4, 0.5) is 4.39 Å². The van der Waals surface area contributed by atoms with Crippen LogP contribution in [-0.4, -0.2) is 22.8 Å². The van der Waals surface area contributed by atoms with Crippen molar-refractivity contribution >= 4 is 11.8 Å². The molecule has 1 aromatic heterocycles. The largest absolute Gasteiger partial charge is 0.458 e. The zero-order chi connectivity index (χ0) is 18.1. The van der Waals surface area contributed by atoms with Crippen LogP contribution in [0.2, 0.25) is 0 Å². The fourth-order valence-corrected chi connectivity index (χ4v) is 3.33. The van der Waals surface area contributed by atoms with Gasteiger partial charge in [-0.05, 0) is 55.9 Å². The average molecular weight is 343 g/mol. The van der Waals surface area contributed by atoms with E-state index in [0.717, 1.165) is 17.7 Å². The van der Waals surface area contributed by atoms with Crippen LogP contribution >= 0.6 is 0 Å². The summed E-state index contributed by atoms with van der Waals surface area (Å²) in [5, 5.41) is 0. The lowest BCUT2D eigenvalue weighted by Crippen LogP contribution is -2.18. The molecule has 1 aliphatic carbocycles. The van der Waals surface area contributed by atoms with E-state index in [-0.39, 0.29) is 23.6 Å². The first kappa shape index (κ1) is 17.4. The number of rotatable bonds is 4. The molecule has 0 bridgehead atoms. The molecule has 132 valence electrons. The topological polar surface area (TPSA) is 59.2 Å². The maximum atomic E-state index is 13.1. The predicted molar refractivity (Wildman–Crippen MR) is 92.5 cm³/mol. The number of esters is 1. The number of hydrogen-bond acceptors (Lipinski definition) is 3. The molecule has 1 aliphatic rings. The second-order valence-corrected chi connectivity index (χ2v) is 6.68. The van der Waals surface area contributed by atoms with E-state index in [2.05, 4.69) is 4.98 Å². The number of hydrogen-bond donors (Lipinski definition) is 1. The number of halogens is 1. The summed E-state index contributed by atoms with van der Waals surface area (Å²) in [5.74, 6) is -0.728. The zero-order valence-electron chi connectivity index (χ0n) is 14.7. The molecule has 0 saturated carbocycles. The number of aromatic nitrogens is 1. The van der Waals surface area contributed by atoms with Crippen LogP contribution < -0.4 is 0 Å². The first-order valence-electron chi connectivity index (χ1n) is 8.61. The van der Waals surface area contributed by atoms with Crippen LogP contribution in [0.3, 0.4) is 0 Å². The maximum Gasteiger partial charge on any atom is 0.355 e. The van der Waals surface area contributed by atoms with Crippen molar-refractivity contribution in [3.05, 3.63) is 58.2 Å². The minimum atomic E-state index is -0.424. The molecule has 0 aliphatic heterocycles. The number of ketones is 1. The number of carbonyl (C=O) groups excluding carboxylic acids is 2. The van der Waals surface area contributed by atoms with Crippen molar-refractivity contribution < 1.29 is 18.7 Å². The highest BCUT2D eigenvalue weighted by molar-refractivity contribution is 6.03. The van der Waals surface area contributed by atoms with Crippen LogP contribution in [0, 0.1) is 12.7 Å². The normalized spacial score (nSPS) is 17.9. The molecule has 1 heterocycles. The molecular weight excluding hydrogens is 321 g/mol. The van der Waals surface area contributed by atoms with E-state index in [9.17, 15) is 14.0 Å². The van der Waals surface area contributed by atoms with Gasteiger partial charge in [0.25, 0.3) is 0 Å². The van der Waals surface area contributed by atoms with Crippen molar-refractivity contribution in [1.29, 1.82) is 0 Å². The van der Waals surface area contributed by atoms with Gasteiger partial charge in [-0.15, -0.1) is 0 Å². The molecule has 1 N–H and O–H groups in total. The number of ether oxygens (including phenoxy) is 1. The third-order valence-corrected chi connectivity index (χ3v) is 4.92. The highest BCUT2D eigenvalue weighted by Gasteiger charge is 2.32. The Morgan fingerprint density at radius 3 is 2.64 bits per heavy atom. The fraction of sp³-hybridized carbons (Fsp3) is 0.400. The van der Waals surface area contributed by atoms with Gasteiger partial charge in [0.15, 0.2) is 5.78 Å². The minimum Gasteiger partial charge on any atom is -0.458 e. The van der Waals surface area contributed by atoms with E-state index in [4.69, 9.17) is 4.74 Å². The molecule has 5 heteroatoms. The third-order valence-electron chi connectivity index (χ3n) is 4.92. The number of H-pyrrole nitrogens is 1. The van der Waals surface area contributed by atoms with E-state index in [0.29, 0.717) is 29.7 Å². The molecule has 0 fully saturated rings. The molecule has 0 saturated heterocycles. The van der Waals surface area contributed by atoms with Crippen LogP contribution in [0.15, 0.2) is 24.3 Å². The van der Waals surface area contributed by atoms with Gasteiger partial charge in [0.1, 0.15) is 11.5 Å². The van der Waals surface area contributed by atoms with Gasteiger partial charge in [-0.3, -0.25) is 4.79 Å². The van der Waals surface area contributed by atoms with Crippen molar-refractivity contribution in [3.8, 4) is 0 Å². The highest BCUT2D eigenvalue weighted by atomic mass is 19.1. The van der Waals surface area contributed by atoms with Gasteiger partial charge in [0.2, 0.25) is 0 Å². The summed E-state index contributed by atoms with van der Waals surface area (Å²) in [5.41, 5.74) is 3.31. The van der Waals surface area contributed by atoms with Crippen LogP contribution in [0.1, 0.15) is 70.3 Å². The van der Waals surface area contributed by atoms with Crippen LogP contribution in [0.5, 0.6) is 0 Å². The third kappa shape index (κ3) is 3.36. The Labute approximate surface area is 146 Å². The summed E-state index contributed by atoms with van der Waals surface area (Å²) in [6, 6.07) is 6.24. The van der Waals surface area contributed by atoms with Crippen molar-refractivity contribution in [2.75, 3.05) is 0 Å². The molecular formula is C20H22FNO3. The van der Waals surface area contributed by atoms with E-state index in [1.54, 1.807) is 19.1 Å². The number of benzene rings is 1. The predicted octanol–water partition coefficient (Wildman–Crippen LogP) is 4.33. The van der Waals surface area contributed by atoms with Gasteiger partial charge in [-0.1, -0.05) is 19.1 Å². The molecule has 1 aromatic carbocycles. The Kier molecular flexibility index (Phi) is 4.75. The standard InChI is InChI=1S/C20H22FNO3/c1-4-11(2)25-20(24)19-12(3)18-16(22-19)9-14(10-17(18)23)13-5-7-15(21)8-6-13/h5-8,11,14,22H,4,9-10H2,1-3H3/t11-,14-/m1/s1. The van der Waals surface area contributed by atoms with E-state index >= 15 is 0 Å². The number of carbonyl (C=O) groups is 2. The number of aromatic amines is 1. The Balaban J connectivity index is 1.89. The Hall–Kier alpha value is -2.43. The van der Waals surface area contributed by atoms with Gasteiger partial charge >= 0.3 is 5.97 Å². The Morgan fingerprint density at radius 2 is 2.00 bits per heavy atom. The van der Waals surface area contributed by atoms with E-state index in [1.807, 2.05) is 13.8 Å². The van der Waals surface area contributed by atoms with Gasteiger partial charge in [-0.2, -0.15) is 0 Å². The minimum absolute atomic E-state index is 0.00640. The summed E-state index contributed by atoms with van der Waals surface area (Å²) in [7, 11) is 0. The summed E-state index contributed by atoms with van der Waals surface area (Å²) >= 11 is 0. The zero-order valence-corrected chi connectivity index (χ0v) is 14.7. The quantitative estimate of drug-likeness (QED) is 0.841. The first-order valence-corrected chi connectivity index (χ1v) is 8.61. The Bertz CT molecular complexity index is 807. The molecule has 0 amide bonds. The van der Waals surface area contributed by atoms with Crippen molar-refractivity contribution in [2.24, 2.45) is 0 Å². The highest BCUT2D eigenvalue weighted by Crippen LogP contribution is 2.35. The van der Waals surface area contributed by atoms with Crippen LogP contribution in [0.25, 0.3) is 0 Å². The lowest BCUT2D eigenvalue weighted by Gasteiger charge is -2.22.